The van der Waals surface area contributed by atoms with Gasteiger partial charge in [0, 0.05) is 5.69 Å². The number of aromatic amines is 1. The summed E-state index contributed by atoms with van der Waals surface area (Å²) in [5, 5.41) is 11.0. The minimum Gasteiger partial charge on any atom is -0.480 e. The molecule has 0 aliphatic heterocycles. The van der Waals surface area contributed by atoms with Crippen molar-refractivity contribution >= 4 is 28.6 Å². The van der Waals surface area contributed by atoms with Crippen LogP contribution in [0.25, 0.3) is 11.0 Å². The molecule has 1 heterocycles. The van der Waals surface area contributed by atoms with Crippen LogP contribution in [0.5, 0.6) is 0 Å². The van der Waals surface area contributed by atoms with Gasteiger partial charge in [-0.1, -0.05) is 0 Å². The Morgan fingerprint density at radius 3 is 2.94 bits per heavy atom. The van der Waals surface area contributed by atoms with Gasteiger partial charge in [-0.05, 0) is 18.2 Å². The van der Waals surface area contributed by atoms with Crippen molar-refractivity contribution < 1.29 is 14.7 Å². The third kappa shape index (κ3) is 2.23. The molecule has 1 atom stereocenters. The van der Waals surface area contributed by atoms with Crippen LogP contribution in [0.2, 0.25) is 0 Å². The molecule has 7 nitrogen and oxygen atoms in total. The Hall–Kier alpha value is -2.41. The molecule has 1 amide bonds. The highest BCUT2D eigenvalue weighted by Gasteiger charge is 2.21. The van der Waals surface area contributed by atoms with Crippen molar-refractivity contribution in [2.24, 2.45) is 5.73 Å². The molecule has 0 radical (unpaired) electrons. The fraction of sp³-hybridized carbons (Fsp3) is 0.100. The van der Waals surface area contributed by atoms with Crippen LogP contribution in [0.4, 0.5) is 5.69 Å². The smallest absolute Gasteiger partial charge is 0.330 e. The number of amides is 1. The molecule has 1 aromatic heterocycles. The number of fused-ring (bicyclic) bond motifs is 1. The van der Waals surface area contributed by atoms with Gasteiger partial charge in [0.1, 0.15) is 0 Å². The number of hydrogen-bond acceptors (Lipinski definition) is 4. The Morgan fingerprint density at radius 1 is 1.47 bits per heavy atom. The van der Waals surface area contributed by atoms with Gasteiger partial charge in [-0.15, -0.1) is 0 Å². The van der Waals surface area contributed by atoms with E-state index in [1.54, 1.807) is 18.2 Å². The lowest BCUT2D eigenvalue weighted by Gasteiger charge is -2.07. The molecule has 2 aromatic rings. The van der Waals surface area contributed by atoms with E-state index in [2.05, 4.69) is 15.3 Å². The summed E-state index contributed by atoms with van der Waals surface area (Å²) >= 11 is 0. The van der Waals surface area contributed by atoms with Crippen LogP contribution in [-0.4, -0.2) is 33.0 Å². The summed E-state index contributed by atoms with van der Waals surface area (Å²) in [6.07, 6.45) is 1.53. The number of imidazole rings is 1. The van der Waals surface area contributed by atoms with E-state index in [-0.39, 0.29) is 0 Å². The van der Waals surface area contributed by atoms with Crippen LogP contribution in [0, 0.1) is 0 Å². The SMILES string of the molecule is NC(C(=O)O)C(=O)Nc1ccc2nc[nH]c2c1. The van der Waals surface area contributed by atoms with E-state index >= 15 is 0 Å². The number of carbonyl (C=O) groups is 2. The lowest BCUT2D eigenvalue weighted by atomic mass is 10.2. The number of nitrogens with zero attached hydrogens (tertiary/aromatic N) is 1. The average Bonchev–Trinajstić information content (AvgIpc) is 2.74. The highest BCUT2D eigenvalue weighted by Crippen LogP contribution is 2.15. The first-order chi connectivity index (χ1) is 8.08. The van der Waals surface area contributed by atoms with Crippen LogP contribution in [0.1, 0.15) is 0 Å². The van der Waals surface area contributed by atoms with Gasteiger partial charge in [0.05, 0.1) is 17.4 Å². The summed E-state index contributed by atoms with van der Waals surface area (Å²) in [7, 11) is 0. The number of aromatic nitrogens is 2. The lowest BCUT2D eigenvalue weighted by molar-refractivity contribution is -0.141. The summed E-state index contributed by atoms with van der Waals surface area (Å²) in [6, 6.07) is 3.39. The molecule has 0 fully saturated rings. The first-order valence-electron chi connectivity index (χ1n) is 4.80. The maximum Gasteiger partial charge on any atom is 0.330 e. The van der Waals surface area contributed by atoms with Gasteiger partial charge in [0.2, 0.25) is 0 Å². The second kappa shape index (κ2) is 4.22. The summed E-state index contributed by atoms with van der Waals surface area (Å²) in [5.41, 5.74) is 7.13. The summed E-state index contributed by atoms with van der Waals surface area (Å²) < 4.78 is 0. The number of nitrogens with two attached hydrogens (primary N) is 1. The summed E-state index contributed by atoms with van der Waals surface area (Å²) in [6.45, 7) is 0. The van der Waals surface area contributed by atoms with Crippen LogP contribution in [-0.2, 0) is 9.59 Å². The van der Waals surface area contributed by atoms with Crippen molar-refractivity contribution in [1.29, 1.82) is 0 Å². The monoisotopic (exact) mass is 234 g/mol. The van der Waals surface area contributed by atoms with Crippen molar-refractivity contribution in [3.8, 4) is 0 Å². The normalized spacial score (nSPS) is 12.3. The zero-order chi connectivity index (χ0) is 12.4. The molecule has 17 heavy (non-hydrogen) atoms. The molecule has 0 aliphatic carbocycles. The van der Waals surface area contributed by atoms with Gasteiger partial charge < -0.3 is 21.1 Å². The third-order valence-corrected chi connectivity index (χ3v) is 2.24. The van der Waals surface area contributed by atoms with Gasteiger partial charge >= 0.3 is 5.97 Å². The zero-order valence-electron chi connectivity index (χ0n) is 8.68. The van der Waals surface area contributed by atoms with Gasteiger partial charge in [-0.25, -0.2) is 9.78 Å². The maximum atomic E-state index is 11.4. The maximum absolute atomic E-state index is 11.4. The summed E-state index contributed by atoms with van der Waals surface area (Å²) in [4.78, 5) is 28.8. The molecule has 0 saturated heterocycles. The Balaban J connectivity index is 2.18. The Morgan fingerprint density at radius 2 is 2.24 bits per heavy atom. The van der Waals surface area contributed by atoms with Crippen LogP contribution in [0.3, 0.4) is 0 Å². The van der Waals surface area contributed by atoms with Crippen LogP contribution in [0.15, 0.2) is 24.5 Å². The number of hydrogen-bond donors (Lipinski definition) is 4. The first kappa shape index (κ1) is 11.1. The number of carboxylic acids is 1. The molecule has 7 heteroatoms. The average molecular weight is 234 g/mol. The predicted molar refractivity (Wildman–Crippen MR) is 60.3 cm³/mol. The molecule has 0 aliphatic rings. The number of aliphatic carboxylic acids is 1. The highest BCUT2D eigenvalue weighted by atomic mass is 16.4. The van der Waals surface area contributed by atoms with Crippen molar-refractivity contribution in [1.82, 2.24) is 9.97 Å². The van der Waals surface area contributed by atoms with Crippen molar-refractivity contribution in [2.75, 3.05) is 5.32 Å². The number of carboxylic acid groups (broad SMARTS) is 1. The van der Waals surface area contributed by atoms with Gasteiger partial charge in [0.25, 0.3) is 5.91 Å². The molecule has 88 valence electrons. The molecule has 0 saturated carbocycles. The Bertz CT molecular complexity index is 578. The molecule has 2 rings (SSSR count). The van der Waals surface area contributed by atoms with Gasteiger partial charge in [-0.3, -0.25) is 4.79 Å². The van der Waals surface area contributed by atoms with E-state index in [1.807, 2.05) is 0 Å². The molecule has 5 N–H and O–H groups in total. The second-order valence-electron chi connectivity index (χ2n) is 3.44. The van der Waals surface area contributed by atoms with E-state index in [0.717, 1.165) is 11.0 Å². The zero-order valence-corrected chi connectivity index (χ0v) is 8.68. The Kier molecular flexibility index (Phi) is 2.75. The second-order valence-corrected chi connectivity index (χ2v) is 3.44. The molecule has 1 unspecified atom stereocenters. The van der Waals surface area contributed by atoms with E-state index in [4.69, 9.17) is 10.8 Å². The molecule has 1 aromatic carbocycles. The van der Waals surface area contributed by atoms with E-state index in [9.17, 15) is 9.59 Å². The molecule has 0 spiro atoms. The molecular weight excluding hydrogens is 224 g/mol. The third-order valence-electron chi connectivity index (χ3n) is 2.24. The quantitative estimate of drug-likeness (QED) is 0.553. The Labute approximate surface area is 95.6 Å². The fourth-order valence-corrected chi connectivity index (χ4v) is 1.35. The summed E-state index contributed by atoms with van der Waals surface area (Å²) in [5.74, 6) is -2.14. The predicted octanol–water partition coefficient (Wildman–Crippen LogP) is -0.0867. The fourth-order valence-electron chi connectivity index (χ4n) is 1.35. The number of carbonyl (C=O) groups excluding carboxylic acids is 1. The van der Waals surface area contributed by atoms with Gasteiger partial charge in [0.15, 0.2) is 6.04 Å². The minimum atomic E-state index is -1.58. The number of H-pyrrole nitrogens is 1. The standard InChI is InChI=1S/C10H10N4O3/c11-8(10(16)17)9(15)14-5-1-2-6-7(3-5)13-4-12-6/h1-4,8H,11H2,(H,12,13)(H,14,15)(H,16,17). The number of benzene rings is 1. The van der Waals surface area contributed by atoms with E-state index < -0.39 is 17.9 Å². The number of anilines is 1. The number of nitrogens with one attached hydrogen (secondary N) is 2. The molecular formula is C10H10N4O3. The van der Waals surface area contributed by atoms with Crippen LogP contribution < -0.4 is 11.1 Å². The topological polar surface area (TPSA) is 121 Å². The van der Waals surface area contributed by atoms with Crippen molar-refractivity contribution in [3.05, 3.63) is 24.5 Å². The largest absolute Gasteiger partial charge is 0.480 e. The number of rotatable bonds is 3. The van der Waals surface area contributed by atoms with Gasteiger partial charge in [-0.2, -0.15) is 0 Å². The van der Waals surface area contributed by atoms with Crippen molar-refractivity contribution in [2.45, 2.75) is 6.04 Å². The van der Waals surface area contributed by atoms with Crippen molar-refractivity contribution in [3.63, 3.8) is 0 Å². The lowest BCUT2D eigenvalue weighted by Crippen LogP contribution is -2.42. The van der Waals surface area contributed by atoms with E-state index in [0.29, 0.717) is 5.69 Å². The highest BCUT2D eigenvalue weighted by molar-refractivity contribution is 6.07. The van der Waals surface area contributed by atoms with E-state index in [1.165, 1.54) is 6.33 Å². The minimum absolute atomic E-state index is 0.462. The first-order valence-corrected chi connectivity index (χ1v) is 4.80. The van der Waals surface area contributed by atoms with Crippen LogP contribution >= 0.6 is 0 Å². The molecule has 0 bridgehead atoms.